The van der Waals surface area contributed by atoms with Gasteiger partial charge in [0.1, 0.15) is 10.3 Å². The molecule has 5 heteroatoms. The van der Waals surface area contributed by atoms with Crippen molar-refractivity contribution in [2.24, 2.45) is 5.92 Å². The van der Waals surface area contributed by atoms with Crippen LogP contribution in [0.5, 0.6) is 0 Å². The lowest BCUT2D eigenvalue weighted by molar-refractivity contribution is 0.0932. The van der Waals surface area contributed by atoms with E-state index in [0.717, 1.165) is 18.8 Å². The summed E-state index contributed by atoms with van der Waals surface area (Å²) in [5.41, 5.74) is 0.467. The number of rotatable bonds is 5. The minimum absolute atomic E-state index is 0.131. The molecule has 1 unspecified atom stereocenters. The average Bonchev–Trinajstić information content (AvgIpc) is 3.10. The van der Waals surface area contributed by atoms with Crippen LogP contribution in [0, 0.1) is 5.92 Å². The molecule has 1 aromatic rings. The van der Waals surface area contributed by atoms with E-state index in [-0.39, 0.29) is 22.3 Å². The van der Waals surface area contributed by atoms with Gasteiger partial charge in [0.15, 0.2) is 0 Å². The summed E-state index contributed by atoms with van der Waals surface area (Å²) in [6.45, 7) is 2.08. The van der Waals surface area contributed by atoms with Gasteiger partial charge in [-0.15, -0.1) is 0 Å². The third-order valence-electron chi connectivity index (χ3n) is 3.17. The molecule has 1 aromatic heterocycles. The van der Waals surface area contributed by atoms with Crippen molar-refractivity contribution in [1.29, 1.82) is 0 Å². The van der Waals surface area contributed by atoms with Gasteiger partial charge < -0.3 is 5.32 Å². The Morgan fingerprint density at radius 2 is 2.06 bits per heavy atom. The number of nitrogens with one attached hydrogen (secondary N) is 1. The zero-order chi connectivity index (χ0) is 13.1. The Morgan fingerprint density at radius 3 is 2.56 bits per heavy atom. The van der Waals surface area contributed by atoms with Gasteiger partial charge in [-0.05, 0) is 30.9 Å². The van der Waals surface area contributed by atoms with Crippen LogP contribution in [-0.4, -0.2) is 16.9 Å². The summed E-state index contributed by atoms with van der Waals surface area (Å²) >= 11 is 11.6. The van der Waals surface area contributed by atoms with Crippen LogP contribution in [0.2, 0.25) is 10.3 Å². The molecule has 18 heavy (non-hydrogen) atoms. The van der Waals surface area contributed by atoms with Gasteiger partial charge in [-0.3, -0.25) is 4.79 Å². The lowest BCUT2D eigenvalue weighted by Crippen LogP contribution is -2.34. The van der Waals surface area contributed by atoms with Crippen molar-refractivity contribution < 1.29 is 4.79 Å². The van der Waals surface area contributed by atoms with Gasteiger partial charge in [-0.25, -0.2) is 4.98 Å². The quantitative estimate of drug-likeness (QED) is 0.839. The number of nitrogens with zero attached hydrogens (tertiary/aromatic N) is 1. The van der Waals surface area contributed by atoms with Crippen molar-refractivity contribution in [3.63, 3.8) is 0 Å². The summed E-state index contributed by atoms with van der Waals surface area (Å²) in [6.07, 6.45) is 4.59. The number of carbonyl (C=O) groups is 1. The maximum Gasteiger partial charge on any atom is 0.251 e. The molecule has 1 aliphatic rings. The number of hydrogen-bond acceptors (Lipinski definition) is 2. The Bertz CT molecular complexity index is 426. The van der Waals surface area contributed by atoms with E-state index < -0.39 is 0 Å². The summed E-state index contributed by atoms with van der Waals surface area (Å²) in [4.78, 5) is 15.9. The molecule has 98 valence electrons. The Balaban J connectivity index is 2.00. The van der Waals surface area contributed by atoms with Crippen molar-refractivity contribution in [3.05, 3.63) is 28.0 Å². The van der Waals surface area contributed by atoms with E-state index in [4.69, 9.17) is 23.2 Å². The largest absolute Gasteiger partial charge is 0.349 e. The molecule has 1 heterocycles. The minimum Gasteiger partial charge on any atom is -0.349 e. The number of pyridine rings is 1. The lowest BCUT2D eigenvalue weighted by Gasteiger charge is -2.16. The number of hydrogen-bond donors (Lipinski definition) is 1. The summed E-state index contributed by atoms with van der Waals surface area (Å²) in [5.74, 6) is 0.661. The molecule has 0 aromatic carbocycles. The maximum absolute atomic E-state index is 12.1. The molecule has 1 N–H and O–H groups in total. The summed E-state index contributed by atoms with van der Waals surface area (Å²) < 4.78 is 0. The van der Waals surface area contributed by atoms with Crippen LogP contribution < -0.4 is 5.32 Å². The van der Waals surface area contributed by atoms with Gasteiger partial charge >= 0.3 is 0 Å². The van der Waals surface area contributed by atoms with Gasteiger partial charge in [-0.1, -0.05) is 43.0 Å². The number of carbonyl (C=O) groups excluding carboxylic acids is 1. The number of aromatic nitrogens is 1. The second-order valence-electron chi connectivity index (χ2n) is 4.76. The fourth-order valence-corrected chi connectivity index (χ4v) is 2.41. The van der Waals surface area contributed by atoms with Gasteiger partial charge in [0.2, 0.25) is 0 Å². The lowest BCUT2D eigenvalue weighted by atomic mass is 10.1. The van der Waals surface area contributed by atoms with Gasteiger partial charge in [0, 0.05) is 11.6 Å². The molecular weight excluding hydrogens is 271 g/mol. The molecule has 0 bridgehead atoms. The predicted octanol–water partition coefficient (Wildman–Crippen LogP) is 3.70. The topological polar surface area (TPSA) is 42.0 Å². The standard InChI is InChI=1S/C13H16Cl2N2O/c1-2-10(5-8-3-4-8)16-13(18)9-6-11(14)17-12(15)7-9/h6-8,10H,2-5H2,1H3,(H,16,18). The van der Waals surface area contributed by atoms with Crippen LogP contribution in [-0.2, 0) is 0 Å². The second-order valence-corrected chi connectivity index (χ2v) is 5.53. The summed E-state index contributed by atoms with van der Waals surface area (Å²) in [5, 5.41) is 3.50. The first-order chi connectivity index (χ1) is 8.58. The molecule has 1 fully saturated rings. The molecule has 2 rings (SSSR count). The smallest absolute Gasteiger partial charge is 0.251 e. The minimum atomic E-state index is -0.131. The van der Waals surface area contributed by atoms with Crippen molar-refractivity contribution in [3.8, 4) is 0 Å². The van der Waals surface area contributed by atoms with Crippen LogP contribution in [0.25, 0.3) is 0 Å². The highest BCUT2D eigenvalue weighted by Crippen LogP contribution is 2.34. The van der Waals surface area contributed by atoms with Gasteiger partial charge in [-0.2, -0.15) is 0 Å². The van der Waals surface area contributed by atoms with Crippen LogP contribution in [0.15, 0.2) is 12.1 Å². The number of amides is 1. The summed E-state index contributed by atoms with van der Waals surface area (Å²) in [7, 11) is 0. The molecule has 0 spiro atoms. The molecule has 1 aliphatic carbocycles. The normalized spacial score (nSPS) is 16.4. The monoisotopic (exact) mass is 286 g/mol. The Morgan fingerprint density at radius 1 is 1.44 bits per heavy atom. The van der Waals surface area contributed by atoms with E-state index in [0.29, 0.717) is 5.56 Å². The summed E-state index contributed by atoms with van der Waals surface area (Å²) in [6, 6.07) is 3.30. The molecule has 3 nitrogen and oxygen atoms in total. The van der Waals surface area contributed by atoms with Gasteiger partial charge in [0.05, 0.1) is 0 Å². The molecule has 1 atom stereocenters. The Hall–Kier alpha value is -0.800. The SMILES string of the molecule is CCC(CC1CC1)NC(=O)c1cc(Cl)nc(Cl)c1. The van der Waals surface area contributed by atoms with E-state index in [9.17, 15) is 4.79 Å². The van der Waals surface area contributed by atoms with Gasteiger partial charge in [0.25, 0.3) is 5.91 Å². The van der Waals surface area contributed by atoms with Crippen LogP contribution >= 0.6 is 23.2 Å². The molecule has 0 radical (unpaired) electrons. The Kier molecular flexibility index (Phi) is 4.46. The van der Waals surface area contributed by atoms with E-state index in [1.54, 1.807) is 0 Å². The van der Waals surface area contributed by atoms with E-state index in [2.05, 4.69) is 17.2 Å². The van der Waals surface area contributed by atoms with E-state index >= 15 is 0 Å². The zero-order valence-electron chi connectivity index (χ0n) is 10.2. The average molecular weight is 287 g/mol. The fourth-order valence-electron chi connectivity index (χ4n) is 1.95. The first-order valence-corrected chi connectivity index (χ1v) is 6.98. The van der Waals surface area contributed by atoms with E-state index in [1.165, 1.54) is 25.0 Å². The fraction of sp³-hybridized carbons (Fsp3) is 0.538. The highest BCUT2D eigenvalue weighted by Gasteiger charge is 2.25. The van der Waals surface area contributed by atoms with Crippen molar-refractivity contribution in [2.45, 2.75) is 38.6 Å². The molecule has 0 aliphatic heterocycles. The first kappa shape index (κ1) is 13.6. The van der Waals surface area contributed by atoms with Crippen molar-refractivity contribution in [2.75, 3.05) is 0 Å². The number of halogens is 2. The van der Waals surface area contributed by atoms with Crippen molar-refractivity contribution >= 4 is 29.1 Å². The maximum atomic E-state index is 12.1. The van der Waals surface area contributed by atoms with Crippen LogP contribution in [0.3, 0.4) is 0 Å². The van der Waals surface area contributed by atoms with Crippen molar-refractivity contribution in [1.82, 2.24) is 10.3 Å². The third kappa shape index (κ3) is 3.85. The highest BCUT2D eigenvalue weighted by atomic mass is 35.5. The molecular formula is C13H16Cl2N2O. The first-order valence-electron chi connectivity index (χ1n) is 6.22. The Labute approximate surface area is 117 Å². The zero-order valence-corrected chi connectivity index (χ0v) is 11.8. The molecule has 1 amide bonds. The van der Waals surface area contributed by atoms with E-state index in [1.807, 2.05) is 0 Å². The predicted molar refractivity (Wildman–Crippen MR) is 73.1 cm³/mol. The second kappa shape index (κ2) is 5.89. The van der Waals surface area contributed by atoms with Crippen LogP contribution in [0.1, 0.15) is 43.0 Å². The highest BCUT2D eigenvalue weighted by molar-refractivity contribution is 6.33. The molecule has 0 saturated heterocycles. The van der Waals surface area contributed by atoms with Crippen LogP contribution in [0.4, 0.5) is 0 Å². The third-order valence-corrected chi connectivity index (χ3v) is 3.56. The molecule has 1 saturated carbocycles.